The Bertz CT molecular complexity index is 409. The molecule has 0 unspecified atom stereocenters. The van der Waals surface area contributed by atoms with Crippen molar-refractivity contribution in [1.29, 1.82) is 0 Å². The van der Waals surface area contributed by atoms with Crippen LogP contribution in [0.5, 0.6) is 0 Å². The van der Waals surface area contributed by atoms with E-state index in [-0.39, 0.29) is 24.1 Å². The third-order valence-electron chi connectivity index (χ3n) is 1.93. The number of hydrogen-bond donors (Lipinski definition) is 2. The summed E-state index contributed by atoms with van der Waals surface area (Å²) in [7, 11) is 0. The molecule has 6 heteroatoms. The molecule has 1 rings (SSSR count). The summed E-state index contributed by atoms with van der Waals surface area (Å²) in [6, 6.07) is 0.0584. The van der Waals surface area contributed by atoms with Gasteiger partial charge in [-0.3, -0.25) is 9.48 Å². The van der Waals surface area contributed by atoms with Crippen LogP contribution in [-0.4, -0.2) is 32.8 Å². The summed E-state index contributed by atoms with van der Waals surface area (Å²) in [5, 5.41) is 15.5. The largest absolute Gasteiger partial charge is 0.478 e. The maximum atomic E-state index is 11.4. The molecule has 1 aromatic heterocycles. The maximum Gasteiger partial charge on any atom is 0.339 e. The molecule has 0 saturated carbocycles. The van der Waals surface area contributed by atoms with Gasteiger partial charge in [0.25, 0.3) is 0 Å². The van der Waals surface area contributed by atoms with Crippen LogP contribution in [-0.2, 0) is 11.3 Å². The number of carboxylic acids is 1. The zero-order valence-electron chi connectivity index (χ0n) is 9.52. The highest BCUT2D eigenvalue weighted by Gasteiger charge is 2.13. The molecule has 2 N–H and O–H groups in total. The summed E-state index contributed by atoms with van der Waals surface area (Å²) < 4.78 is 1.33. The van der Waals surface area contributed by atoms with Crippen molar-refractivity contribution in [2.24, 2.45) is 0 Å². The number of amides is 1. The Morgan fingerprint density at radius 3 is 2.62 bits per heavy atom. The predicted octanol–water partition coefficient (Wildman–Crippen LogP) is 0.414. The van der Waals surface area contributed by atoms with Gasteiger partial charge in [0.2, 0.25) is 5.91 Å². The van der Waals surface area contributed by atoms with Crippen molar-refractivity contribution in [3.63, 3.8) is 0 Å². The standard InChI is InChI=1S/C10H15N3O3/c1-6(2)11-9(14)5-13-4-8(10(15)16)7(3)12-13/h4,6H,5H2,1-3H3,(H,11,14)(H,15,16). The second-order valence-corrected chi connectivity index (χ2v) is 3.85. The molecule has 88 valence electrons. The molecule has 6 nitrogen and oxygen atoms in total. The number of nitrogens with zero attached hydrogens (tertiary/aromatic N) is 2. The number of carbonyl (C=O) groups is 2. The van der Waals surface area contributed by atoms with Gasteiger partial charge >= 0.3 is 5.97 Å². The molecule has 16 heavy (non-hydrogen) atoms. The Morgan fingerprint density at radius 2 is 2.19 bits per heavy atom. The summed E-state index contributed by atoms with van der Waals surface area (Å²) in [6.45, 7) is 5.34. The molecule has 0 spiro atoms. The average molecular weight is 225 g/mol. The van der Waals surface area contributed by atoms with E-state index in [0.717, 1.165) is 0 Å². The van der Waals surface area contributed by atoms with Crippen LogP contribution in [0.15, 0.2) is 6.20 Å². The van der Waals surface area contributed by atoms with Crippen LogP contribution in [0, 0.1) is 6.92 Å². The first kappa shape index (κ1) is 12.2. The van der Waals surface area contributed by atoms with E-state index in [2.05, 4.69) is 10.4 Å². The highest BCUT2D eigenvalue weighted by Crippen LogP contribution is 2.04. The minimum atomic E-state index is -1.03. The molecule has 0 aliphatic carbocycles. The first-order valence-corrected chi connectivity index (χ1v) is 4.97. The molecule has 1 aromatic rings. The molecular formula is C10H15N3O3. The van der Waals surface area contributed by atoms with Crippen molar-refractivity contribution < 1.29 is 14.7 Å². The summed E-state index contributed by atoms with van der Waals surface area (Å²) in [6.07, 6.45) is 1.36. The quantitative estimate of drug-likeness (QED) is 0.777. The van der Waals surface area contributed by atoms with Gasteiger partial charge in [0.05, 0.1) is 5.69 Å². The van der Waals surface area contributed by atoms with Crippen LogP contribution >= 0.6 is 0 Å². The lowest BCUT2D eigenvalue weighted by atomic mass is 10.3. The number of carbonyl (C=O) groups excluding carboxylic acids is 1. The molecule has 0 aliphatic rings. The van der Waals surface area contributed by atoms with Crippen LogP contribution < -0.4 is 5.32 Å². The molecule has 0 atom stereocenters. The van der Waals surface area contributed by atoms with E-state index in [9.17, 15) is 9.59 Å². The number of aromatic carboxylic acids is 1. The van der Waals surface area contributed by atoms with Gasteiger partial charge in [-0.05, 0) is 20.8 Å². The average Bonchev–Trinajstić information content (AvgIpc) is 2.44. The minimum absolute atomic E-state index is 0.0340. The SMILES string of the molecule is Cc1nn(CC(=O)NC(C)C)cc1C(=O)O. The van der Waals surface area contributed by atoms with E-state index in [1.54, 1.807) is 6.92 Å². The van der Waals surface area contributed by atoms with Crippen LogP contribution in [0.3, 0.4) is 0 Å². The van der Waals surface area contributed by atoms with Gasteiger partial charge in [-0.25, -0.2) is 4.79 Å². The van der Waals surface area contributed by atoms with E-state index in [4.69, 9.17) is 5.11 Å². The van der Waals surface area contributed by atoms with Gasteiger partial charge in [0.15, 0.2) is 0 Å². The number of carboxylic acid groups (broad SMARTS) is 1. The summed E-state index contributed by atoms with van der Waals surface area (Å²) in [5.74, 6) is -1.22. The van der Waals surface area contributed by atoms with E-state index >= 15 is 0 Å². The van der Waals surface area contributed by atoms with Gasteiger partial charge in [0.1, 0.15) is 12.1 Å². The van der Waals surface area contributed by atoms with Crippen molar-refractivity contribution >= 4 is 11.9 Å². The zero-order valence-corrected chi connectivity index (χ0v) is 9.52. The molecule has 0 aromatic carbocycles. The van der Waals surface area contributed by atoms with Crippen LogP contribution in [0.1, 0.15) is 29.9 Å². The lowest BCUT2D eigenvalue weighted by molar-refractivity contribution is -0.122. The number of nitrogens with one attached hydrogen (secondary N) is 1. The van der Waals surface area contributed by atoms with Crippen LogP contribution in [0.4, 0.5) is 0 Å². The Balaban J connectivity index is 2.72. The van der Waals surface area contributed by atoms with E-state index < -0.39 is 5.97 Å². The molecular weight excluding hydrogens is 210 g/mol. The second-order valence-electron chi connectivity index (χ2n) is 3.85. The monoisotopic (exact) mass is 225 g/mol. The molecule has 0 radical (unpaired) electrons. The van der Waals surface area contributed by atoms with E-state index in [1.165, 1.54) is 10.9 Å². The maximum absolute atomic E-state index is 11.4. The number of hydrogen-bond acceptors (Lipinski definition) is 3. The fourth-order valence-electron chi connectivity index (χ4n) is 1.32. The summed E-state index contributed by atoms with van der Waals surface area (Å²) in [5.41, 5.74) is 0.530. The highest BCUT2D eigenvalue weighted by molar-refractivity contribution is 5.88. The van der Waals surface area contributed by atoms with E-state index in [0.29, 0.717) is 5.69 Å². The topological polar surface area (TPSA) is 84.2 Å². The molecule has 0 fully saturated rings. The lowest BCUT2D eigenvalue weighted by Gasteiger charge is -2.07. The number of aryl methyl sites for hydroxylation is 1. The second kappa shape index (κ2) is 4.78. The van der Waals surface area contributed by atoms with Crippen molar-refractivity contribution in [2.75, 3.05) is 0 Å². The van der Waals surface area contributed by atoms with Gasteiger partial charge in [-0.1, -0.05) is 0 Å². The van der Waals surface area contributed by atoms with Crippen LogP contribution in [0.2, 0.25) is 0 Å². The molecule has 1 amide bonds. The Hall–Kier alpha value is -1.85. The minimum Gasteiger partial charge on any atom is -0.478 e. The Morgan fingerprint density at radius 1 is 1.56 bits per heavy atom. The Labute approximate surface area is 93.3 Å². The molecule has 0 saturated heterocycles. The highest BCUT2D eigenvalue weighted by atomic mass is 16.4. The first-order chi connectivity index (χ1) is 7.40. The van der Waals surface area contributed by atoms with E-state index in [1.807, 2.05) is 13.8 Å². The van der Waals surface area contributed by atoms with Gasteiger partial charge < -0.3 is 10.4 Å². The zero-order chi connectivity index (χ0) is 12.3. The third kappa shape index (κ3) is 3.08. The van der Waals surface area contributed by atoms with Gasteiger partial charge in [-0.15, -0.1) is 0 Å². The normalized spacial score (nSPS) is 10.5. The van der Waals surface area contributed by atoms with Crippen molar-refractivity contribution in [3.05, 3.63) is 17.5 Å². The molecule has 0 bridgehead atoms. The van der Waals surface area contributed by atoms with Crippen LogP contribution in [0.25, 0.3) is 0 Å². The number of rotatable bonds is 4. The Kier molecular flexibility index (Phi) is 3.65. The lowest BCUT2D eigenvalue weighted by Crippen LogP contribution is -2.33. The fourth-order valence-corrected chi connectivity index (χ4v) is 1.32. The third-order valence-corrected chi connectivity index (χ3v) is 1.93. The summed E-state index contributed by atoms with van der Waals surface area (Å²) in [4.78, 5) is 22.1. The molecule has 1 heterocycles. The number of aromatic nitrogens is 2. The smallest absolute Gasteiger partial charge is 0.339 e. The first-order valence-electron chi connectivity index (χ1n) is 4.97. The fraction of sp³-hybridized carbons (Fsp3) is 0.500. The van der Waals surface area contributed by atoms with Gasteiger partial charge in [-0.2, -0.15) is 5.10 Å². The van der Waals surface area contributed by atoms with Crippen molar-refractivity contribution in [1.82, 2.24) is 15.1 Å². The van der Waals surface area contributed by atoms with Gasteiger partial charge in [0, 0.05) is 12.2 Å². The summed E-state index contributed by atoms with van der Waals surface area (Å²) >= 11 is 0. The van der Waals surface area contributed by atoms with Crippen molar-refractivity contribution in [2.45, 2.75) is 33.4 Å². The van der Waals surface area contributed by atoms with Crippen molar-refractivity contribution in [3.8, 4) is 0 Å². The molecule has 0 aliphatic heterocycles. The predicted molar refractivity (Wildman–Crippen MR) is 57.2 cm³/mol.